The van der Waals surface area contributed by atoms with E-state index in [1.165, 1.54) is 0 Å². The van der Waals surface area contributed by atoms with Gasteiger partial charge in [-0.1, -0.05) is 18.2 Å². The van der Waals surface area contributed by atoms with E-state index in [-0.39, 0.29) is 5.48 Å². The van der Waals surface area contributed by atoms with E-state index in [4.69, 9.17) is 0 Å². The predicted molar refractivity (Wildman–Crippen MR) is 39.6 cm³/mol. The van der Waals surface area contributed by atoms with Crippen molar-refractivity contribution < 1.29 is 5.48 Å². The van der Waals surface area contributed by atoms with Gasteiger partial charge in [0, 0.05) is 12.7 Å². The largest absolute Gasteiger partial charge is 0.412 e. The molecule has 3 N–H and O–H groups in total. The zero-order valence-electron chi connectivity index (χ0n) is 5.39. The van der Waals surface area contributed by atoms with E-state index >= 15 is 0 Å². The fourth-order valence-electron chi connectivity index (χ4n) is 0.605. The van der Waals surface area contributed by atoms with Crippen LogP contribution in [-0.2, 0) is 0 Å². The summed E-state index contributed by atoms with van der Waals surface area (Å²) < 4.78 is 0. The number of benzene rings is 1. The quantitative estimate of drug-likeness (QED) is 0.595. The lowest BCUT2D eigenvalue weighted by atomic mass is 10.3. The number of hydrogen-bond acceptors (Lipinski definition) is 1. The van der Waals surface area contributed by atoms with E-state index in [1.807, 2.05) is 37.4 Å². The first-order valence-corrected chi connectivity index (χ1v) is 2.66. The third-order valence-corrected chi connectivity index (χ3v) is 1.06. The van der Waals surface area contributed by atoms with Crippen molar-refractivity contribution in [2.24, 2.45) is 0 Å². The lowest BCUT2D eigenvalue weighted by molar-refractivity contribution is 0.824. The molecular formula is C7H11NO. The summed E-state index contributed by atoms with van der Waals surface area (Å²) in [6.45, 7) is 0. The Labute approximate surface area is 54.8 Å². The minimum Gasteiger partial charge on any atom is -0.412 e. The molecule has 2 heteroatoms. The molecule has 1 aromatic carbocycles. The predicted octanol–water partition coefficient (Wildman–Crippen LogP) is 0.904. The average Bonchev–Trinajstić information content (AvgIpc) is 1.90. The van der Waals surface area contributed by atoms with Gasteiger partial charge in [-0.15, -0.1) is 0 Å². The SMILES string of the molecule is CNc1ccccc1.O. The Hall–Kier alpha value is -1.02. The molecule has 0 radical (unpaired) electrons. The minimum atomic E-state index is 0. The van der Waals surface area contributed by atoms with Crippen molar-refractivity contribution in [2.75, 3.05) is 12.4 Å². The van der Waals surface area contributed by atoms with Gasteiger partial charge in [-0.25, -0.2) is 0 Å². The van der Waals surface area contributed by atoms with Crippen molar-refractivity contribution in [3.05, 3.63) is 30.3 Å². The molecule has 1 rings (SSSR count). The van der Waals surface area contributed by atoms with Gasteiger partial charge in [0.25, 0.3) is 0 Å². The van der Waals surface area contributed by atoms with Crippen molar-refractivity contribution in [2.45, 2.75) is 0 Å². The van der Waals surface area contributed by atoms with Crippen LogP contribution in [-0.4, -0.2) is 12.5 Å². The molecule has 2 nitrogen and oxygen atoms in total. The van der Waals surface area contributed by atoms with Crippen LogP contribution in [0, 0.1) is 0 Å². The van der Waals surface area contributed by atoms with Gasteiger partial charge in [0.2, 0.25) is 0 Å². The van der Waals surface area contributed by atoms with Gasteiger partial charge >= 0.3 is 0 Å². The molecule has 0 saturated carbocycles. The van der Waals surface area contributed by atoms with E-state index in [1.54, 1.807) is 0 Å². The highest BCUT2D eigenvalue weighted by atomic mass is 16.0. The fraction of sp³-hybridized carbons (Fsp3) is 0.143. The first-order chi connectivity index (χ1) is 3.93. The van der Waals surface area contributed by atoms with Crippen LogP contribution in [0.1, 0.15) is 0 Å². The van der Waals surface area contributed by atoms with Crippen molar-refractivity contribution in [1.82, 2.24) is 0 Å². The Kier molecular flexibility index (Phi) is 3.48. The molecule has 50 valence electrons. The zero-order valence-corrected chi connectivity index (χ0v) is 5.39. The zero-order chi connectivity index (χ0) is 5.82. The Morgan fingerprint density at radius 3 is 2.00 bits per heavy atom. The molecule has 0 aliphatic heterocycles. The molecule has 0 aromatic heterocycles. The topological polar surface area (TPSA) is 43.5 Å². The molecule has 0 amide bonds. The summed E-state index contributed by atoms with van der Waals surface area (Å²) in [5.74, 6) is 0. The second-order valence-corrected chi connectivity index (χ2v) is 1.62. The average molecular weight is 125 g/mol. The van der Waals surface area contributed by atoms with Gasteiger partial charge in [-0.05, 0) is 12.1 Å². The van der Waals surface area contributed by atoms with Crippen LogP contribution >= 0.6 is 0 Å². The number of rotatable bonds is 1. The van der Waals surface area contributed by atoms with E-state index in [2.05, 4.69) is 5.32 Å². The van der Waals surface area contributed by atoms with Crippen LogP contribution in [0.25, 0.3) is 0 Å². The second-order valence-electron chi connectivity index (χ2n) is 1.62. The molecule has 0 aliphatic carbocycles. The first kappa shape index (κ1) is 7.98. The number of para-hydroxylation sites is 1. The van der Waals surface area contributed by atoms with Crippen LogP contribution in [0.5, 0.6) is 0 Å². The molecule has 0 atom stereocenters. The molecule has 9 heavy (non-hydrogen) atoms. The number of anilines is 1. The molecule has 0 aliphatic rings. The van der Waals surface area contributed by atoms with E-state index < -0.39 is 0 Å². The highest BCUT2D eigenvalue weighted by molar-refractivity contribution is 5.41. The summed E-state index contributed by atoms with van der Waals surface area (Å²) in [6, 6.07) is 10.1. The standard InChI is InChI=1S/C7H9N.H2O/c1-8-7-5-3-2-4-6-7;/h2-6,8H,1H3;1H2. The summed E-state index contributed by atoms with van der Waals surface area (Å²) in [5.41, 5.74) is 1.16. The molecule has 0 fully saturated rings. The highest BCUT2D eigenvalue weighted by Crippen LogP contribution is 2.01. The van der Waals surface area contributed by atoms with Gasteiger partial charge in [0.15, 0.2) is 0 Å². The summed E-state index contributed by atoms with van der Waals surface area (Å²) in [5, 5.41) is 3.03. The summed E-state index contributed by atoms with van der Waals surface area (Å²) in [7, 11) is 1.91. The Morgan fingerprint density at radius 1 is 1.11 bits per heavy atom. The van der Waals surface area contributed by atoms with E-state index in [9.17, 15) is 0 Å². The van der Waals surface area contributed by atoms with Gasteiger partial charge in [-0.3, -0.25) is 0 Å². The lowest BCUT2D eigenvalue weighted by Crippen LogP contribution is -1.84. The van der Waals surface area contributed by atoms with Gasteiger partial charge < -0.3 is 10.8 Å². The molecule has 0 bridgehead atoms. The molecule has 0 unspecified atom stereocenters. The van der Waals surface area contributed by atoms with Gasteiger partial charge in [0.1, 0.15) is 0 Å². The highest BCUT2D eigenvalue weighted by Gasteiger charge is 1.77. The number of hydrogen-bond donors (Lipinski definition) is 1. The minimum absolute atomic E-state index is 0. The third-order valence-electron chi connectivity index (χ3n) is 1.06. The molecule has 0 saturated heterocycles. The third kappa shape index (κ3) is 2.15. The maximum atomic E-state index is 3.03. The monoisotopic (exact) mass is 125 g/mol. The van der Waals surface area contributed by atoms with Gasteiger partial charge in [0.05, 0.1) is 0 Å². The second kappa shape index (κ2) is 3.92. The maximum absolute atomic E-state index is 3.03. The fourth-order valence-corrected chi connectivity index (χ4v) is 0.605. The van der Waals surface area contributed by atoms with E-state index in [0.717, 1.165) is 5.69 Å². The molecule has 1 aromatic rings. The van der Waals surface area contributed by atoms with Gasteiger partial charge in [-0.2, -0.15) is 0 Å². The van der Waals surface area contributed by atoms with Crippen molar-refractivity contribution in [1.29, 1.82) is 0 Å². The van der Waals surface area contributed by atoms with Crippen molar-refractivity contribution in [3.63, 3.8) is 0 Å². The maximum Gasteiger partial charge on any atom is 0.0337 e. The smallest absolute Gasteiger partial charge is 0.0337 e. The molecule has 0 spiro atoms. The normalized spacial score (nSPS) is 7.67. The summed E-state index contributed by atoms with van der Waals surface area (Å²) >= 11 is 0. The van der Waals surface area contributed by atoms with Crippen molar-refractivity contribution in [3.8, 4) is 0 Å². The van der Waals surface area contributed by atoms with E-state index in [0.29, 0.717) is 0 Å². The van der Waals surface area contributed by atoms with Crippen LogP contribution in [0.4, 0.5) is 5.69 Å². The Balaban J connectivity index is 0.000000640. The van der Waals surface area contributed by atoms with Crippen LogP contribution in [0.2, 0.25) is 0 Å². The lowest BCUT2D eigenvalue weighted by Gasteiger charge is -1.94. The summed E-state index contributed by atoms with van der Waals surface area (Å²) in [6.07, 6.45) is 0. The van der Waals surface area contributed by atoms with Crippen LogP contribution < -0.4 is 5.32 Å². The Bertz CT molecular complexity index is 150. The molecule has 0 heterocycles. The number of nitrogens with one attached hydrogen (secondary N) is 1. The van der Waals surface area contributed by atoms with Crippen LogP contribution in [0.15, 0.2) is 30.3 Å². The first-order valence-electron chi connectivity index (χ1n) is 2.66. The van der Waals surface area contributed by atoms with Crippen molar-refractivity contribution >= 4 is 5.69 Å². The Morgan fingerprint density at radius 2 is 1.67 bits per heavy atom. The molecular weight excluding hydrogens is 114 g/mol. The summed E-state index contributed by atoms with van der Waals surface area (Å²) in [4.78, 5) is 0. The van der Waals surface area contributed by atoms with Crippen LogP contribution in [0.3, 0.4) is 0 Å².